The summed E-state index contributed by atoms with van der Waals surface area (Å²) in [5, 5.41) is 0.684. The number of hydrogen-bond acceptors (Lipinski definition) is 2. The molecule has 88 valence electrons. The van der Waals surface area contributed by atoms with E-state index in [1.165, 1.54) is 0 Å². The van der Waals surface area contributed by atoms with Crippen LogP contribution in [0, 0.1) is 0 Å². The van der Waals surface area contributed by atoms with Crippen molar-refractivity contribution < 1.29 is 0 Å². The molecule has 0 bridgehead atoms. The molecule has 0 saturated heterocycles. The third kappa shape index (κ3) is 2.78. The van der Waals surface area contributed by atoms with E-state index in [0.29, 0.717) is 17.0 Å². The van der Waals surface area contributed by atoms with Crippen molar-refractivity contribution >= 4 is 23.2 Å². The summed E-state index contributed by atoms with van der Waals surface area (Å²) in [4.78, 5) is 27.0. The zero-order valence-electron chi connectivity index (χ0n) is 8.59. The van der Waals surface area contributed by atoms with Crippen LogP contribution in [0.1, 0.15) is 11.1 Å². The Morgan fingerprint density at radius 3 is 2.24 bits per heavy atom. The number of aromatic amines is 2. The van der Waals surface area contributed by atoms with Crippen LogP contribution in [-0.2, 0) is 6.42 Å². The lowest BCUT2D eigenvalue weighted by Crippen LogP contribution is -2.25. The molecule has 0 unspecified atom stereocenters. The minimum absolute atomic E-state index is 0.0636. The van der Waals surface area contributed by atoms with E-state index in [2.05, 4.69) is 9.97 Å². The van der Waals surface area contributed by atoms with Crippen molar-refractivity contribution in [1.29, 1.82) is 0 Å². The van der Waals surface area contributed by atoms with E-state index in [9.17, 15) is 9.59 Å². The molecule has 0 radical (unpaired) electrons. The SMILES string of the molecule is O=c1[nH]c(Cl)c(Cc2ccc(Cl)cc2)c(=O)[nH]1. The summed E-state index contributed by atoms with van der Waals surface area (Å²) in [6.07, 6.45) is 0.335. The molecular weight excluding hydrogens is 263 g/mol. The second-order valence-corrected chi connectivity index (χ2v) is 4.32. The number of benzene rings is 1. The predicted molar refractivity (Wildman–Crippen MR) is 67.0 cm³/mol. The molecular formula is C11H8Cl2N2O2. The van der Waals surface area contributed by atoms with Crippen LogP contribution in [-0.4, -0.2) is 9.97 Å². The molecule has 0 amide bonds. The molecule has 0 spiro atoms. The van der Waals surface area contributed by atoms with Crippen LogP contribution in [0.5, 0.6) is 0 Å². The molecule has 2 aromatic rings. The van der Waals surface area contributed by atoms with E-state index >= 15 is 0 Å². The van der Waals surface area contributed by atoms with Crippen LogP contribution in [0.3, 0.4) is 0 Å². The smallest absolute Gasteiger partial charge is 0.297 e. The first-order valence-electron chi connectivity index (χ1n) is 4.81. The van der Waals surface area contributed by atoms with Crippen LogP contribution in [0.4, 0.5) is 0 Å². The van der Waals surface area contributed by atoms with Gasteiger partial charge in [-0.3, -0.25) is 14.8 Å². The zero-order chi connectivity index (χ0) is 12.4. The van der Waals surface area contributed by atoms with E-state index in [0.717, 1.165) is 5.56 Å². The molecule has 0 fully saturated rings. The third-order valence-electron chi connectivity index (χ3n) is 2.28. The van der Waals surface area contributed by atoms with Gasteiger partial charge in [0.2, 0.25) is 0 Å². The fraction of sp³-hybridized carbons (Fsp3) is 0.0909. The second-order valence-electron chi connectivity index (χ2n) is 3.50. The molecule has 0 aliphatic heterocycles. The van der Waals surface area contributed by atoms with E-state index in [1.54, 1.807) is 24.3 Å². The third-order valence-corrected chi connectivity index (χ3v) is 2.86. The predicted octanol–water partition coefficient (Wildman–Crippen LogP) is 1.96. The molecule has 0 aliphatic carbocycles. The van der Waals surface area contributed by atoms with Crippen LogP contribution in [0.2, 0.25) is 10.2 Å². The van der Waals surface area contributed by atoms with Gasteiger partial charge >= 0.3 is 5.69 Å². The second kappa shape index (κ2) is 4.77. The normalized spacial score (nSPS) is 10.5. The highest BCUT2D eigenvalue weighted by Crippen LogP contribution is 2.14. The Hall–Kier alpha value is -1.52. The maximum atomic E-state index is 11.5. The molecule has 6 heteroatoms. The summed E-state index contributed by atoms with van der Waals surface area (Å²) in [6.45, 7) is 0. The first-order valence-corrected chi connectivity index (χ1v) is 5.57. The Balaban J connectivity index is 2.40. The molecule has 1 aromatic heterocycles. The van der Waals surface area contributed by atoms with E-state index in [4.69, 9.17) is 23.2 Å². The molecule has 1 heterocycles. The highest BCUT2D eigenvalue weighted by Gasteiger charge is 2.08. The summed E-state index contributed by atoms with van der Waals surface area (Å²) >= 11 is 11.6. The molecule has 1 aromatic carbocycles. The number of H-pyrrole nitrogens is 2. The molecule has 0 aliphatic rings. The number of aromatic nitrogens is 2. The summed E-state index contributed by atoms with van der Waals surface area (Å²) < 4.78 is 0. The minimum atomic E-state index is -0.611. The maximum Gasteiger partial charge on any atom is 0.326 e. The molecule has 4 nitrogen and oxygen atoms in total. The van der Waals surface area contributed by atoms with Crippen molar-refractivity contribution in [2.75, 3.05) is 0 Å². The fourth-order valence-corrected chi connectivity index (χ4v) is 1.81. The minimum Gasteiger partial charge on any atom is -0.297 e. The van der Waals surface area contributed by atoms with E-state index < -0.39 is 11.2 Å². The highest BCUT2D eigenvalue weighted by atomic mass is 35.5. The molecule has 2 N–H and O–H groups in total. The van der Waals surface area contributed by atoms with Crippen LogP contribution in [0.15, 0.2) is 33.9 Å². The molecule has 0 atom stereocenters. The summed E-state index contributed by atoms with van der Waals surface area (Å²) in [7, 11) is 0. The Morgan fingerprint density at radius 1 is 1.00 bits per heavy atom. The van der Waals surface area contributed by atoms with Crippen molar-refractivity contribution in [2.24, 2.45) is 0 Å². The fourth-order valence-electron chi connectivity index (χ4n) is 1.45. The van der Waals surface area contributed by atoms with Gasteiger partial charge in [0.25, 0.3) is 5.56 Å². The maximum absolute atomic E-state index is 11.5. The Morgan fingerprint density at radius 2 is 1.65 bits per heavy atom. The van der Waals surface area contributed by atoms with Gasteiger partial charge in [-0.2, -0.15) is 0 Å². The van der Waals surface area contributed by atoms with Crippen molar-refractivity contribution in [1.82, 2.24) is 9.97 Å². The van der Waals surface area contributed by atoms with Crippen LogP contribution < -0.4 is 11.2 Å². The van der Waals surface area contributed by atoms with Crippen LogP contribution >= 0.6 is 23.2 Å². The lowest BCUT2D eigenvalue weighted by Gasteiger charge is -2.02. The number of nitrogens with one attached hydrogen (secondary N) is 2. The summed E-state index contributed by atoms with van der Waals surface area (Å²) in [5.74, 6) is 0. The van der Waals surface area contributed by atoms with E-state index in [1.807, 2.05) is 0 Å². The quantitative estimate of drug-likeness (QED) is 0.820. The molecule has 17 heavy (non-hydrogen) atoms. The summed E-state index contributed by atoms with van der Waals surface area (Å²) in [6, 6.07) is 7.04. The van der Waals surface area contributed by atoms with Crippen molar-refractivity contribution in [3.63, 3.8) is 0 Å². The van der Waals surface area contributed by atoms with Gasteiger partial charge in [-0.05, 0) is 17.7 Å². The highest BCUT2D eigenvalue weighted by molar-refractivity contribution is 6.30. The van der Waals surface area contributed by atoms with Gasteiger partial charge in [-0.15, -0.1) is 0 Å². The van der Waals surface area contributed by atoms with Gasteiger partial charge in [0.15, 0.2) is 0 Å². The molecule has 2 rings (SSSR count). The average Bonchev–Trinajstić information content (AvgIpc) is 2.26. The number of halogens is 2. The van der Waals surface area contributed by atoms with Crippen molar-refractivity contribution in [3.05, 3.63) is 66.4 Å². The van der Waals surface area contributed by atoms with Gasteiger partial charge < -0.3 is 0 Å². The Kier molecular flexibility index (Phi) is 3.36. The van der Waals surface area contributed by atoms with Gasteiger partial charge in [0, 0.05) is 11.4 Å². The van der Waals surface area contributed by atoms with Gasteiger partial charge in [0.05, 0.1) is 5.56 Å². The largest absolute Gasteiger partial charge is 0.326 e. The standard InChI is InChI=1S/C11H8Cl2N2O2/c12-7-3-1-6(2-4-7)5-8-9(13)14-11(17)15-10(8)16/h1-4H,5H2,(H2,14,15,16,17). The van der Waals surface area contributed by atoms with Gasteiger partial charge in [0.1, 0.15) is 5.15 Å². The zero-order valence-corrected chi connectivity index (χ0v) is 10.1. The van der Waals surface area contributed by atoms with Crippen molar-refractivity contribution in [3.8, 4) is 0 Å². The van der Waals surface area contributed by atoms with E-state index in [-0.39, 0.29) is 5.15 Å². The Bertz CT molecular complexity index is 644. The Labute approximate surface area is 106 Å². The topological polar surface area (TPSA) is 65.7 Å². The first kappa shape index (κ1) is 12.0. The molecule has 0 saturated carbocycles. The number of hydrogen-bond donors (Lipinski definition) is 2. The first-order chi connectivity index (χ1) is 8.06. The van der Waals surface area contributed by atoms with Gasteiger partial charge in [-0.1, -0.05) is 35.3 Å². The lowest BCUT2D eigenvalue weighted by molar-refractivity contribution is 0.976. The lowest BCUT2D eigenvalue weighted by atomic mass is 10.1. The monoisotopic (exact) mass is 270 g/mol. The summed E-state index contributed by atoms with van der Waals surface area (Å²) in [5.41, 5.74) is 0.121. The van der Waals surface area contributed by atoms with Crippen LogP contribution in [0.25, 0.3) is 0 Å². The van der Waals surface area contributed by atoms with Gasteiger partial charge in [-0.25, -0.2) is 4.79 Å². The van der Waals surface area contributed by atoms with Crippen molar-refractivity contribution in [2.45, 2.75) is 6.42 Å². The average molecular weight is 271 g/mol. The number of rotatable bonds is 2.